The largest absolute Gasteiger partial charge is 0.368 e. The molecule has 0 saturated heterocycles. The minimum atomic E-state index is -0.993. The number of para-hydroxylation sites is 3. The van der Waals surface area contributed by atoms with Crippen LogP contribution in [0.3, 0.4) is 0 Å². The lowest BCUT2D eigenvalue weighted by Crippen LogP contribution is -2.54. The highest BCUT2D eigenvalue weighted by atomic mass is 16.2. The summed E-state index contributed by atoms with van der Waals surface area (Å²) in [5.74, 6) is -1.48. The minimum Gasteiger partial charge on any atom is -0.368 e. The lowest BCUT2D eigenvalue weighted by molar-refractivity contribution is -0.123. The van der Waals surface area contributed by atoms with Gasteiger partial charge in [-0.15, -0.1) is 0 Å². The summed E-state index contributed by atoms with van der Waals surface area (Å²) in [4.78, 5) is 45.8. The van der Waals surface area contributed by atoms with Gasteiger partial charge in [0, 0.05) is 18.0 Å². The first kappa shape index (κ1) is 22.2. The molecule has 0 aliphatic carbocycles. The second-order valence-corrected chi connectivity index (χ2v) is 8.57. The van der Waals surface area contributed by atoms with Crippen molar-refractivity contribution in [2.24, 2.45) is 5.73 Å². The van der Waals surface area contributed by atoms with Gasteiger partial charge in [-0.1, -0.05) is 60.7 Å². The number of carbonyl (C=O) groups excluding carboxylic acids is 3. The van der Waals surface area contributed by atoms with Crippen molar-refractivity contribution in [3.05, 3.63) is 96.2 Å². The van der Waals surface area contributed by atoms with Crippen molar-refractivity contribution >= 4 is 40.0 Å². The van der Waals surface area contributed by atoms with Crippen LogP contribution in [0.25, 0.3) is 10.9 Å². The molecule has 176 valence electrons. The summed E-state index contributed by atoms with van der Waals surface area (Å²) in [6.07, 6.45) is 0. The number of primary amides is 1. The molecule has 8 heteroatoms. The van der Waals surface area contributed by atoms with Crippen LogP contribution in [0.1, 0.15) is 22.1 Å². The molecular formula is C27H25N5O3. The van der Waals surface area contributed by atoms with Gasteiger partial charge < -0.3 is 20.9 Å². The molecule has 0 fully saturated rings. The zero-order chi connectivity index (χ0) is 24.5. The highest BCUT2D eigenvalue weighted by Crippen LogP contribution is 2.39. The highest BCUT2D eigenvalue weighted by Gasteiger charge is 2.42. The van der Waals surface area contributed by atoms with Gasteiger partial charge in [-0.05, 0) is 29.8 Å². The Bertz CT molecular complexity index is 1380. The molecule has 1 aromatic heterocycles. The van der Waals surface area contributed by atoms with E-state index in [9.17, 15) is 14.4 Å². The Kier molecular flexibility index (Phi) is 5.70. The van der Waals surface area contributed by atoms with Crippen molar-refractivity contribution in [1.82, 2.24) is 10.3 Å². The first-order valence-electron chi connectivity index (χ1n) is 11.3. The second kappa shape index (κ2) is 8.98. The second-order valence-electron chi connectivity index (χ2n) is 8.57. The number of H-pyrrole nitrogens is 1. The van der Waals surface area contributed by atoms with E-state index < -0.39 is 29.8 Å². The van der Waals surface area contributed by atoms with E-state index in [4.69, 9.17) is 5.73 Å². The van der Waals surface area contributed by atoms with Gasteiger partial charge in [0.15, 0.2) is 0 Å². The molecule has 5 rings (SSSR count). The first-order valence-corrected chi connectivity index (χ1v) is 11.3. The van der Waals surface area contributed by atoms with Gasteiger partial charge in [-0.2, -0.15) is 0 Å². The molecule has 2 atom stereocenters. The van der Waals surface area contributed by atoms with Crippen LogP contribution in [0.15, 0.2) is 84.9 Å². The lowest BCUT2D eigenvalue weighted by atomic mass is 9.96. The summed E-state index contributed by atoms with van der Waals surface area (Å²) >= 11 is 0. The van der Waals surface area contributed by atoms with E-state index in [1.807, 2.05) is 78.7 Å². The molecule has 3 amide bonds. The Morgan fingerprint density at radius 3 is 2.31 bits per heavy atom. The predicted octanol–water partition coefficient (Wildman–Crippen LogP) is 2.98. The Morgan fingerprint density at radius 1 is 0.943 bits per heavy atom. The standard InChI is InChI=1S/C27H25N5O3/c1-31-21-13-7-8-14-22(21)32(16-23(28)33)27(35)24(25(31)17-9-3-2-4-10-17)30-26(34)20-15-18-11-5-6-12-19(18)29-20/h2-15,24-25,29H,16H2,1H3,(H2,28,33)(H,30,34)/t24-,25-/m1/s1. The van der Waals surface area contributed by atoms with Crippen molar-refractivity contribution in [3.8, 4) is 0 Å². The van der Waals surface area contributed by atoms with E-state index in [1.165, 1.54) is 4.90 Å². The summed E-state index contributed by atoms with van der Waals surface area (Å²) in [5.41, 5.74) is 8.84. The van der Waals surface area contributed by atoms with E-state index in [0.717, 1.165) is 22.2 Å². The number of likely N-dealkylation sites (N-methyl/N-ethyl adjacent to an activating group) is 1. The smallest absolute Gasteiger partial charge is 0.268 e. The molecule has 0 saturated carbocycles. The minimum absolute atomic E-state index is 0.302. The Morgan fingerprint density at radius 2 is 1.60 bits per heavy atom. The number of benzene rings is 3. The molecular weight excluding hydrogens is 442 g/mol. The van der Waals surface area contributed by atoms with Crippen molar-refractivity contribution in [2.75, 3.05) is 23.4 Å². The van der Waals surface area contributed by atoms with Crippen molar-refractivity contribution in [1.29, 1.82) is 0 Å². The lowest BCUT2D eigenvalue weighted by Gasteiger charge is -2.33. The van der Waals surface area contributed by atoms with Crippen LogP contribution >= 0.6 is 0 Å². The average molecular weight is 468 g/mol. The molecule has 1 aliphatic rings. The number of nitrogens with one attached hydrogen (secondary N) is 2. The average Bonchev–Trinajstić information content (AvgIpc) is 3.28. The third-order valence-corrected chi connectivity index (χ3v) is 6.33. The van der Waals surface area contributed by atoms with Crippen LogP contribution in [0.5, 0.6) is 0 Å². The molecule has 4 N–H and O–H groups in total. The van der Waals surface area contributed by atoms with Gasteiger partial charge in [0.1, 0.15) is 18.3 Å². The van der Waals surface area contributed by atoms with E-state index in [0.29, 0.717) is 11.4 Å². The molecule has 0 unspecified atom stereocenters. The maximum absolute atomic E-state index is 14.0. The van der Waals surface area contributed by atoms with Crippen molar-refractivity contribution in [2.45, 2.75) is 12.1 Å². The van der Waals surface area contributed by atoms with Gasteiger partial charge in [-0.3, -0.25) is 19.3 Å². The van der Waals surface area contributed by atoms with Gasteiger partial charge in [0.05, 0.1) is 17.4 Å². The maximum Gasteiger partial charge on any atom is 0.268 e. The summed E-state index contributed by atoms with van der Waals surface area (Å²) in [6.45, 7) is -0.302. The normalized spacial score (nSPS) is 17.7. The fourth-order valence-corrected chi connectivity index (χ4v) is 4.73. The van der Waals surface area contributed by atoms with Crippen LogP contribution in [-0.2, 0) is 9.59 Å². The number of fused-ring (bicyclic) bond motifs is 2. The molecule has 0 radical (unpaired) electrons. The van der Waals surface area contributed by atoms with E-state index in [-0.39, 0.29) is 6.54 Å². The highest BCUT2D eigenvalue weighted by molar-refractivity contribution is 6.08. The zero-order valence-electron chi connectivity index (χ0n) is 19.1. The van der Waals surface area contributed by atoms with Gasteiger partial charge in [-0.25, -0.2) is 0 Å². The molecule has 1 aliphatic heterocycles. The summed E-state index contributed by atoms with van der Waals surface area (Å²) in [7, 11) is 1.87. The predicted molar refractivity (Wildman–Crippen MR) is 135 cm³/mol. The Hall–Kier alpha value is -4.59. The van der Waals surface area contributed by atoms with E-state index >= 15 is 0 Å². The van der Waals surface area contributed by atoms with Gasteiger partial charge in [0.25, 0.3) is 11.8 Å². The van der Waals surface area contributed by atoms with Crippen LogP contribution in [-0.4, -0.2) is 42.3 Å². The summed E-state index contributed by atoms with van der Waals surface area (Å²) in [5, 5.41) is 3.84. The van der Waals surface area contributed by atoms with Gasteiger partial charge >= 0.3 is 0 Å². The number of hydrogen-bond acceptors (Lipinski definition) is 4. The Balaban J connectivity index is 1.61. The number of nitrogens with zero attached hydrogens (tertiary/aromatic N) is 2. The van der Waals surface area contributed by atoms with E-state index in [2.05, 4.69) is 10.3 Å². The molecule has 35 heavy (non-hydrogen) atoms. The third-order valence-electron chi connectivity index (χ3n) is 6.33. The maximum atomic E-state index is 14.0. The monoisotopic (exact) mass is 467 g/mol. The molecule has 8 nitrogen and oxygen atoms in total. The quantitative estimate of drug-likeness (QED) is 0.419. The fourth-order valence-electron chi connectivity index (χ4n) is 4.73. The number of rotatable bonds is 5. The summed E-state index contributed by atoms with van der Waals surface area (Å²) < 4.78 is 0. The number of nitrogens with two attached hydrogens (primary N) is 1. The van der Waals surface area contributed by atoms with Crippen molar-refractivity contribution < 1.29 is 14.4 Å². The van der Waals surface area contributed by atoms with Crippen LogP contribution < -0.4 is 20.9 Å². The summed E-state index contributed by atoms with van der Waals surface area (Å²) in [6, 6.07) is 24.6. The van der Waals surface area contributed by atoms with Gasteiger partial charge in [0.2, 0.25) is 5.91 Å². The topological polar surface area (TPSA) is 112 Å². The fraction of sp³-hybridized carbons (Fsp3) is 0.148. The molecule has 4 aromatic rings. The Labute approximate surface area is 202 Å². The number of aromatic nitrogens is 1. The number of hydrogen-bond donors (Lipinski definition) is 3. The van der Waals surface area contributed by atoms with Crippen LogP contribution in [0, 0.1) is 0 Å². The SMILES string of the molecule is CN1c2ccccc2N(CC(N)=O)C(=O)[C@H](NC(=O)c2cc3ccccc3[nH]2)[C@H]1c1ccccc1. The molecule has 0 bridgehead atoms. The number of aromatic amines is 1. The number of anilines is 2. The number of carbonyl (C=O) groups is 3. The van der Waals surface area contributed by atoms with Crippen LogP contribution in [0.4, 0.5) is 11.4 Å². The van der Waals surface area contributed by atoms with E-state index in [1.54, 1.807) is 18.2 Å². The molecule has 0 spiro atoms. The molecule has 2 heterocycles. The van der Waals surface area contributed by atoms with Crippen molar-refractivity contribution in [3.63, 3.8) is 0 Å². The number of amides is 3. The molecule has 3 aromatic carbocycles. The van der Waals surface area contributed by atoms with Crippen LogP contribution in [0.2, 0.25) is 0 Å². The third kappa shape index (κ3) is 4.10. The first-order chi connectivity index (χ1) is 16.9. The zero-order valence-corrected chi connectivity index (χ0v) is 19.1.